The minimum Gasteiger partial charge on any atom is -0.378 e. The van der Waals surface area contributed by atoms with E-state index in [-0.39, 0.29) is 0 Å². The van der Waals surface area contributed by atoms with Gasteiger partial charge in [0.15, 0.2) is 6.20 Å². The molecule has 0 aliphatic carbocycles. The predicted molar refractivity (Wildman–Crippen MR) is 140 cm³/mol. The molecule has 5 heteroatoms. The molecule has 0 fully saturated rings. The molecule has 0 bridgehead atoms. The highest BCUT2D eigenvalue weighted by molar-refractivity contribution is 6.13. The number of hydrogen-bond acceptors (Lipinski definition) is 4. The Morgan fingerprint density at radius 1 is 0.727 bits per heavy atom. The summed E-state index contributed by atoms with van der Waals surface area (Å²) in [6.07, 6.45) is 3.89. The number of para-hydroxylation sites is 1. The van der Waals surface area contributed by atoms with E-state index in [4.69, 9.17) is 0 Å². The highest BCUT2D eigenvalue weighted by atomic mass is 15.2. The molecule has 33 heavy (non-hydrogen) atoms. The smallest absolute Gasteiger partial charge is 0.212 e. The first-order chi connectivity index (χ1) is 15.9. The molecule has 0 saturated carbocycles. The van der Waals surface area contributed by atoms with E-state index in [1.165, 1.54) is 0 Å². The molecule has 1 aromatic heterocycles. The van der Waals surface area contributed by atoms with Crippen molar-refractivity contribution >= 4 is 34.2 Å². The monoisotopic (exact) mass is 436 g/mol. The average molecular weight is 437 g/mol. The molecule has 0 aliphatic rings. The third-order valence-corrected chi connectivity index (χ3v) is 5.74. The molecule has 0 saturated heterocycles. The van der Waals surface area contributed by atoms with Crippen LogP contribution in [0.2, 0.25) is 0 Å². The summed E-state index contributed by atoms with van der Waals surface area (Å²) in [6.45, 7) is 0. The minimum atomic E-state index is 0.840. The predicted octanol–water partition coefficient (Wildman–Crippen LogP) is 4.67. The lowest BCUT2D eigenvalue weighted by Crippen LogP contribution is -2.28. The van der Waals surface area contributed by atoms with Gasteiger partial charge >= 0.3 is 0 Å². The van der Waals surface area contributed by atoms with Gasteiger partial charge in [0.25, 0.3) is 0 Å². The normalized spacial score (nSPS) is 11.1. The standard InChI is InChI=1S/C28H30N5/c1-31(2)24-14-10-21(11-15-24)28(22-12-16-25(17-13-22)32(3)4)30-29-20-23-18-19-33(5)27-9-7-6-8-26(23)27/h6-20H,1-5H3/q+1. The van der Waals surface area contributed by atoms with E-state index in [1.54, 1.807) is 0 Å². The fraction of sp³-hybridized carbons (Fsp3) is 0.179. The number of aromatic nitrogens is 1. The summed E-state index contributed by atoms with van der Waals surface area (Å²) in [5.74, 6) is 0. The van der Waals surface area contributed by atoms with Gasteiger partial charge in [-0.25, -0.2) is 4.57 Å². The first kappa shape index (κ1) is 22.2. The minimum absolute atomic E-state index is 0.840. The molecule has 0 spiro atoms. The zero-order chi connectivity index (χ0) is 23.4. The van der Waals surface area contributed by atoms with Crippen molar-refractivity contribution in [3.63, 3.8) is 0 Å². The molecule has 4 aromatic rings. The van der Waals surface area contributed by atoms with Gasteiger partial charge in [-0.15, -0.1) is 5.10 Å². The Labute approximate surface area is 195 Å². The van der Waals surface area contributed by atoms with Crippen molar-refractivity contribution in [3.05, 3.63) is 102 Å². The Balaban J connectivity index is 1.75. The number of aryl methyl sites for hydroxylation is 1. The SMILES string of the molecule is CN(C)c1ccc(C(=N/N=C/c2cc[n+](C)c3ccccc23)c2ccc(N(C)C)cc2)cc1. The lowest BCUT2D eigenvalue weighted by atomic mass is 10.0. The van der Waals surface area contributed by atoms with Crippen LogP contribution in [0.3, 0.4) is 0 Å². The Morgan fingerprint density at radius 2 is 1.27 bits per heavy atom. The summed E-state index contributed by atoms with van der Waals surface area (Å²) in [7, 11) is 10.2. The van der Waals surface area contributed by atoms with Crippen LogP contribution in [0.5, 0.6) is 0 Å². The van der Waals surface area contributed by atoms with E-state index in [9.17, 15) is 0 Å². The zero-order valence-corrected chi connectivity index (χ0v) is 19.9. The van der Waals surface area contributed by atoms with Crippen LogP contribution in [0.1, 0.15) is 16.7 Å². The summed E-state index contributed by atoms with van der Waals surface area (Å²) in [5, 5.41) is 10.4. The number of pyridine rings is 1. The molecule has 0 unspecified atom stereocenters. The van der Waals surface area contributed by atoms with Crippen molar-refractivity contribution in [2.24, 2.45) is 17.3 Å². The van der Waals surface area contributed by atoms with Gasteiger partial charge in [-0.3, -0.25) is 0 Å². The van der Waals surface area contributed by atoms with Crippen LogP contribution in [-0.2, 0) is 7.05 Å². The fourth-order valence-electron chi connectivity index (χ4n) is 3.77. The van der Waals surface area contributed by atoms with Crippen molar-refractivity contribution < 1.29 is 4.57 Å². The maximum atomic E-state index is 4.69. The Kier molecular flexibility index (Phi) is 6.50. The van der Waals surface area contributed by atoms with E-state index in [1.807, 2.05) is 59.8 Å². The first-order valence-electron chi connectivity index (χ1n) is 11.0. The van der Waals surface area contributed by atoms with Gasteiger partial charge in [0.2, 0.25) is 5.52 Å². The van der Waals surface area contributed by atoms with Gasteiger partial charge in [-0.2, -0.15) is 5.10 Å². The summed E-state index contributed by atoms with van der Waals surface area (Å²) in [5.41, 5.74) is 7.38. The van der Waals surface area contributed by atoms with Crippen molar-refractivity contribution in [2.45, 2.75) is 0 Å². The van der Waals surface area contributed by atoms with Gasteiger partial charge in [0, 0.05) is 68.4 Å². The van der Waals surface area contributed by atoms with Crippen LogP contribution in [-0.4, -0.2) is 40.1 Å². The second-order valence-electron chi connectivity index (χ2n) is 8.47. The highest BCUT2D eigenvalue weighted by Gasteiger charge is 2.10. The summed E-state index contributed by atoms with van der Waals surface area (Å²) >= 11 is 0. The highest BCUT2D eigenvalue weighted by Crippen LogP contribution is 2.19. The van der Waals surface area contributed by atoms with Crippen LogP contribution in [0.4, 0.5) is 11.4 Å². The molecule has 0 aliphatic heterocycles. The van der Waals surface area contributed by atoms with Crippen molar-refractivity contribution in [1.82, 2.24) is 0 Å². The molecule has 4 rings (SSSR count). The number of anilines is 2. The molecular formula is C28H30N5+. The molecule has 3 aromatic carbocycles. The quantitative estimate of drug-likeness (QED) is 0.250. The molecule has 0 atom stereocenters. The second kappa shape index (κ2) is 9.65. The molecule has 166 valence electrons. The van der Waals surface area contributed by atoms with Gasteiger partial charge in [0.05, 0.1) is 11.6 Å². The lowest BCUT2D eigenvalue weighted by Gasteiger charge is -2.15. The Morgan fingerprint density at radius 3 is 1.82 bits per heavy atom. The average Bonchev–Trinajstić information content (AvgIpc) is 2.83. The second-order valence-corrected chi connectivity index (χ2v) is 8.47. The summed E-state index contributed by atoms with van der Waals surface area (Å²) < 4.78 is 2.11. The van der Waals surface area contributed by atoms with Crippen LogP contribution in [0, 0.1) is 0 Å². The van der Waals surface area contributed by atoms with E-state index >= 15 is 0 Å². The fourth-order valence-corrected chi connectivity index (χ4v) is 3.77. The zero-order valence-electron chi connectivity index (χ0n) is 19.9. The van der Waals surface area contributed by atoms with Crippen LogP contribution < -0.4 is 14.4 Å². The van der Waals surface area contributed by atoms with Crippen LogP contribution in [0.25, 0.3) is 10.9 Å². The number of fused-ring (bicyclic) bond motifs is 1. The van der Waals surface area contributed by atoms with Crippen LogP contribution in [0.15, 0.2) is 95.3 Å². The van der Waals surface area contributed by atoms with E-state index in [0.29, 0.717) is 0 Å². The van der Waals surface area contributed by atoms with Crippen molar-refractivity contribution in [3.8, 4) is 0 Å². The number of hydrogen-bond donors (Lipinski definition) is 0. The van der Waals surface area contributed by atoms with Gasteiger partial charge in [-0.1, -0.05) is 36.4 Å². The Bertz CT molecular complexity index is 1250. The van der Waals surface area contributed by atoms with E-state index in [0.717, 1.165) is 44.7 Å². The molecular weight excluding hydrogens is 406 g/mol. The van der Waals surface area contributed by atoms with E-state index < -0.39 is 0 Å². The molecule has 1 heterocycles. The number of rotatable bonds is 6. The third-order valence-electron chi connectivity index (χ3n) is 5.74. The maximum Gasteiger partial charge on any atom is 0.212 e. The molecule has 0 radical (unpaired) electrons. The third kappa shape index (κ3) is 4.93. The molecule has 0 N–H and O–H groups in total. The van der Waals surface area contributed by atoms with Crippen molar-refractivity contribution in [1.29, 1.82) is 0 Å². The topological polar surface area (TPSA) is 35.1 Å². The van der Waals surface area contributed by atoms with Crippen LogP contribution >= 0.6 is 0 Å². The number of benzene rings is 3. The van der Waals surface area contributed by atoms with Gasteiger partial charge in [0.1, 0.15) is 12.8 Å². The first-order valence-corrected chi connectivity index (χ1v) is 11.0. The molecule has 0 amide bonds. The molecule has 5 nitrogen and oxygen atoms in total. The maximum absolute atomic E-state index is 4.69. The van der Waals surface area contributed by atoms with Crippen molar-refractivity contribution in [2.75, 3.05) is 38.0 Å². The Hall–Kier alpha value is -3.99. The largest absolute Gasteiger partial charge is 0.378 e. The van der Waals surface area contributed by atoms with Gasteiger partial charge in [-0.05, 0) is 30.3 Å². The van der Waals surface area contributed by atoms with E-state index in [2.05, 4.69) is 91.3 Å². The number of nitrogens with zero attached hydrogens (tertiary/aromatic N) is 5. The summed E-state index contributed by atoms with van der Waals surface area (Å²) in [4.78, 5) is 4.18. The summed E-state index contributed by atoms with van der Waals surface area (Å²) in [6, 6.07) is 27.2. The lowest BCUT2D eigenvalue weighted by molar-refractivity contribution is -0.644. The van der Waals surface area contributed by atoms with Gasteiger partial charge < -0.3 is 9.80 Å².